The van der Waals surface area contributed by atoms with Crippen molar-refractivity contribution >= 4 is 17.2 Å². The molecule has 0 radical (unpaired) electrons. The van der Waals surface area contributed by atoms with Crippen molar-refractivity contribution in [3.63, 3.8) is 0 Å². The Morgan fingerprint density at radius 3 is 2.46 bits per heavy atom. The van der Waals surface area contributed by atoms with Gasteiger partial charge in [0.1, 0.15) is 0 Å². The number of hydrogen-bond acceptors (Lipinski definition) is 3. The van der Waals surface area contributed by atoms with Crippen LogP contribution in [0, 0.1) is 5.41 Å². The van der Waals surface area contributed by atoms with Gasteiger partial charge in [-0.2, -0.15) is 0 Å². The van der Waals surface area contributed by atoms with Gasteiger partial charge in [-0.3, -0.25) is 4.79 Å². The fraction of sp³-hybridized carbons (Fsp3) is 0.550. The quantitative estimate of drug-likeness (QED) is 0.835. The summed E-state index contributed by atoms with van der Waals surface area (Å²) in [5.74, 6) is -0.264. The first-order chi connectivity index (χ1) is 11.3. The summed E-state index contributed by atoms with van der Waals surface area (Å²) in [6.45, 7) is 5.73. The van der Waals surface area contributed by atoms with Gasteiger partial charge in [0.25, 0.3) is 0 Å². The lowest BCUT2D eigenvalue weighted by molar-refractivity contribution is -0.127. The molecule has 4 N–H and O–H groups in total. The maximum atomic E-state index is 12.3. The number of amides is 1. The molecule has 1 amide bonds. The molecular weight excluding hydrogens is 300 g/mol. The fourth-order valence-electron chi connectivity index (χ4n) is 3.85. The summed E-state index contributed by atoms with van der Waals surface area (Å²) < 4.78 is 5.45. The predicted octanol–water partition coefficient (Wildman–Crippen LogP) is 3.40. The normalized spacial score (nSPS) is 22.7. The van der Waals surface area contributed by atoms with E-state index in [4.69, 9.17) is 16.2 Å². The Bertz CT molecular complexity index is 670. The molecule has 4 heteroatoms. The van der Waals surface area contributed by atoms with Crippen molar-refractivity contribution in [2.75, 3.05) is 18.9 Å². The molecule has 1 aromatic rings. The number of nitrogens with two attached hydrogens (primary N) is 2. The third-order valence-electron chi connectivity index (χ3n) is 5.74. The zero-order valence-corrected chi connectivity index (χ0v) is 14.7. The van der Waals surface area contributed by atoms with Crippen LogP contribution in [0.4, 0.5) is 5.69 Å². The third-order valence-corrected chi connectivity index (χ3v) is 5.74. The van der Waals surface area contributed by atoms with Crippen molar-refractivity contribution in [3.05, 3.63) is 35.4 Å². The van der Waals surface area contributed by atoms with Gasteiger partial charge in [0.05, 0.1) is 5.41 Å². The van der Waals surface area contributed by atoms with Gasteiger partial charge in [-0.25, -0.2) is 0 Å². The summed E-state index contributed by atoms with van der Waals surface area (Å²) in [6.07, 6.45) is 6.81. The van der Waals surface area contributed by atoms with Crippen molar-refractivity contribution < 1.29 is 9.53 Å². The minimum Gasteiger partial charge on any atom is -0.398 e. The number of rotatable bonds is 3. The first-order valence-corrected chi connectivity index (χ1v) is 8.81. The van der Waals surface area contributed by atoms with Gasteiger partial charge in [-0.1, -0.05) is 26.0 Å². The van der Waals surface area contributed by atoms with Gasteiger partial charge >= 0.3 is 0 Å². The number of primary amides is 1. The Morgan fingerprint density at radius 1 is 1.17 bits per heavy atom. The SMILES string of the molecule is CC1(C)CC=C(c2cc(C3(C(N)=O)CCOCC3)ccc2N)CC1. The molecular formula is C20H28N2O2. The highest BCUT2D eigenvalue weighted by molar-refractivity contribution is 5.88. The van der Waals surface area contributed by atoms with Crippen LogP contribution < -0.4 is 11.5 Å². The second kappa shape index (κ2) is 6.25. The lowest BCUT2D eigenvalue weighted by atomic mass is 9.72. The second-order valence-corrected chi connectivity index (χ2v) is 7.96. The summed E-state index contributed by atoms with van der Waals surface area (Å²) >= 11 is 0. The standard InChI is InChI=1S/C20H28N2O2/c1-19(2)7-5-14(6-8-19)16-13-15(3-4-17(16)21)20(18(22)23)9-11-24-12-10-20/h3-5,13H,6-12,21H2,1-2H3,(H2,22,23). The molecule has 0 aromatic heterocycles. The average Bonchev–Trinajstić information content (AvgIpc) is 2.56. The van der Waals surface area contributed by atoms with E-state index in [-0.39, 0.29) is 5.91 Å². The Morgan fingerprint density at radius 2 is 1.88 bits per heavy atom. The van der Waals surface area contributed by atoms with E-state index < -0.39 is 5.41 Å². The Labute approximate surface area is 144 Å². The van der Waals surface area contributed by atoms with E-state index in [0.717, 1.165) is 36.1 Å². The van der Waals surface area contributed by atoms with E-state index in [1.807, 2.05) is 12.1 Å². The van der Waals surface area contributed by atoms with Gasteiger partial charge < -0.3 is 16.2 Å². The van der Waals surface area contributed by atoms with Crippen LogP contribution in [0.2, 0.25) is 0 Å². The van der Waals surface area contributed by atoms with Crippen LogP contribution in [0.15, 0.2) is 24.3 Å². The number of hydrogen-bond donors (Lipinski definition) is 2. The van der Waals surface area contributed by atoms with Crippen LogP contribution in [0.25, 0.3) is 5.57 Å². The molecule has 2 aliphatic rings. The molecule has 1 heterocycles. The van der Waals surface area contributed by atoms with Crippen molar-refractivity contribution in [1.82, 2.24) is 0 Å². The highest BCUT2D eigenvalue weighted by Crippen LogP contribution is 2.42. The second-order valence-electron chi connectivity index (χ2n) is 7.96. The van der Waals surface area contributed by atoms with Crippen LogP contribution >= 0.6 is 0 Å². The molecule has 0 unspecified atom stereocenters. The number of ether oxygens (including phenoxy) is 1. The number of carbonyl (C=O) groups is 1. The molecule has 3 rings (SSSR count). The zero-order chi connectivity index (χ0) is 17.4. The van der Waals surface area contributed by atoms with Crippen molar-refractivity contribution in [1.29, 1.82) is 0 Å². The molecule has 1 fully saturated rings. The maximum absolute atomic E-state index is 12.3. The highest BCUT2D eigenvalue weighted by Gasteiger charge is 2.40. The molecule has 1 aromatic carbocycles. The van der Waals surface area contributed by atoms with Crippen LogP contribution in [-0.4, -0.2) is 19.1 Å². The van der Waals surface area contributed by atoms with Crippen LogP contribution in [0.1, 0.15) is 57.1 Å². The molecule has 0 bridgehead atoms. The number of carbonyl (C=O) groups excluding carboxylic acids is 1. The topological polar surface area (TPSA) is 78.3 Å². The van der Waals surface area contributed by atoms with Crippen molar-refractivity contribution in [2.45, 2.75) is 51.4 Å². The molecule has 1 aliphatic carbocycles. The Hall–Kier alpha value is -1.81. The monoisotopic (exact) mass is 328 g/mol. The summed E-state index contributed by atoms with van der Waals surface area (Å²) in [7, 11) is 0. The van der Waals surface area contributed by atoms with E-state index >= 15 is 0 Å². The van der Waals surface area contributed by atoms with Crippen molar-refractivity contribution in [3.8, 4) is 0 Å². The van der Waals surface area contributed by atoms with E-state index in [1.165, 1.54) is 5.57 Å². The van der Waals surface area contributed by atoms with Gasteiger partial charge in [-0.05, 0) is 60.8 Å². The molecule has 0 spiro atoms. The van der Waals surface area contributed by atoms with Crippen molar-refractivity contribution in [2.24, 2.45) is 11.1 Å². The minimum atomic E-state index is -0.630. The fourth-order valence-corrected chi connectivity index (χ4v) is 3.85. The summed E-state index contributed by atoms with van der Waals surface area (Å²) in [6, 6.07) is 5.98. The lowest BCUT2D eigenvalue weighted by Gasteiger charge is -2.35. The molecule has 24 heavy (non-hydrogen) atoms. The molecule has 0 atom stereocenters. The minimum absolute atomic E-state index is 0.264. The van der Waals surface area contributed by atoms with Crippen LogP contribution in [-0.2, 0) is 14.9 Å². The van der Waals surface area contributed by atoms with Gasteiger partial charge in [-0.15, -0.1) is 0 Å². The van der Waals surface area contributed by atoms with Gasteiger partial charge in [0.2, 0.25) is 5.91 Å². The van der Waals surface area contributed by atoms with Crippen LogP contribution in [0.5, 0.6) is 0 Å². The third kappa shape index (κ3) is 3.07. The number of allylic oxidation sites excluding steroid dienone is 2. The largest absolute Gasteiger partial charge is 0.398 e. The van der Waals surface area contributed by atoms with E-state index in [2.05, 4.69) is 26.0 Å². The highest BCUT2D eigenvalue weighted by atomic mass is 16.5. The summed E-state index contributed by atoms with van der Waals surface area (Å²) in [5, 5.41) is 0. The van der Waals surface area contributed by atoms with Gasteiger partial charge in [0, 0.05) is 24.5 Å². The molecule has 130 valence electrons. The molecule has 1 aliphatic heterocycles. The zero-order valence-electron chi connectivity index (χ0n) is 14.7. The lowest BCUT2D eigenvalue weighted by Crippen LogP contribution is -2.45. The first-order valence-electron chi connectivity index (χ1n) is 8.81. The van der Waals surface area contributed by atoms with E-state index in [1.54, 1.807) is 0 Å². The molecule has 4 nitrogen and oxygen atoms in total. The van der Waals surface area contributed by atoms with Gasteiger partial charge in [0.15, 0.2) is 0 Å². The number of benzene rings is 1. The predicted molar refractivity (Wildman–Crippen MR) is 97.4 cm³/mol. The first kappa shape index (κ1) is 17.0. The van der Waals surface area contributed by atoms with Crippen LogP contribution in [0.3, 0.4) is 0 Å². The maximum Gasteiger partial charge on any atom is 0.228 e. The smallest absolute Gasteiger partial charge is 0.228 e. The Balaban J connectivity index is 2.00. The van der Waals surface area contributed by atoms with E-state index in [0.29, 0.717) is 31.5 Å². The summed E-state index contributed by atoms with van der Waals surface area (Å²) in [5.41, 5.74) is 15.9. The van der Waals surface area contributed by atoms with E-state index in [9.17, 15) is 4.79 Å². The number of anilines is 1. The molecule has 1 saturated heterocycles. The summed E-state index contributed by atoms with van der Waals surface area (Å²) in [4.78, 5) is 12.3. The molecule has 0 saturated carbocycles. The Kier molecular flexibility index (Phi) is 4.43. The average molecular weight is 328 g/mol. The number of nitrogen functional groups attached to an aromatic ring is 1.